The van der Waals surface area contributed by atoms with Crippen molar-refractivity contribution in [1.29, 1.82) is 0 Å². The number of imidazole rings is 1. The van der Waals surface area contributed by atoms with Gasteiger partial charge in [-0.2, -0.15) is 0 Å². The van der Waals surface area contributed by atoms with Gasteiger partial charge in [0.1, 0.15) is 5.82 Å². The van der Waals surface area contributed by atoms with E-state index in [4.69, 9.17) is 16.6 Å². The largest absolute Gasteiger partial charge is 0.478 e. The number of carbonyl (C=O) groups is 1. The summed E-state index contributed by atoms with van der Waals surface area (Å²) in [6.07, 6.45) is 4.34. The lowest BCUT2D eigenvalue weighted by molar-refractivity contribution is 0.0697. The Labute approximate surface area is 222 Å². The Hall–Kier alpha value is -3.61. The van der Waals surface area contributed by atoms with Crippen LogP contribution in [0.25, 0.3) is 17.1 Å². The van der Waals surface area contributed by atoms with E-state index in [1.54, 1.807) is 18.2 Å². The fraction of sp³-hybridized carbons (Fsp3) is 0.267. The van der Waals surface area contributed by atoms with Crippen LogP contribution in [0, 0.1) is 6.92 Å². The molecule has 2 heterocycles. The van der Waals surface area contributed by atoms with Crippen LogP contribution in [0.2, 0.25) is 5.02 Å². The molecule has 1 N–H and O–H groups in total. The molecular weight excluding hydrogens is 484 g/mol. The SMILES string of the molecule is Cc1ccc(N(C)c2cccc(C=C3CCN(Cc4nc5ccc(C(=O)O)cc5n4C)CC3)c2)c(Cl)c1. The lowest BCUT2D eigenvalue weighted by atomic mass is 10.0. The summed E-state index contributed by atoms with van der Waals surface area (Å²) in [5.41, 5.74) is 7.85. The van der Waals surface area contributed by atoms with E-state index in [1.807, 2.05) is 31.7 Å². The monoisotopic (exact) mass is 514 g/mol. The Morgan fingerprint density at radius 1 is 1.11 bits per heavy atom. The smallest absolute Gasteiger partial charge is 0.335 e. The number of nitrogens with zero attached hydrogens (tertiary/aromatic N) is 4. The maximum absolute atomic E-state index is 11.3. The van der Waals surface area contributed by atoms with Gasteiger partial charge >= 0.3 is 5.97 Å². The topological polar surface area (TPSA) is 61.6 Å². The second-order valence-corrected chi connectivity index (χ2v) is 10.2. The number of aromatic carboxylic acids is 1. The second kappa shape index (κ2) is 10.4. The molecule has 4 aromatic rings. The minimum absolute atomic E-state index is 0.284. The number of aromatic nitrogens is 2. The summed E-state index contributed by atoms with van der Waals surface area (Å²) in [4.78, 5) is 20.6. The number of aryl methyl sites for hydroxylation is 2. The van der Waals surface area contributed by atoms with Crippen LogP contribution in [0.4, 0.5) is 11.4 Å². The number of likely N-dealkylation sites (tertiary alicyclic amines) is 1. The maximum Gasteiger partial charge on any atom is 0.335 e. The molecule has 5 rings (SSSR count). The van der Waals surface area contributed by atoms with Crippen LogP contribution in [0.3, 0.4) is 0 Å². The first-order valence-electron chi connectivity index (χ1n) is 12.5. The van der Waals surface area contributed by atoms with Crippen LogP contribution in [0.1, 0.15) is 40.2 Å². The fourth-order valence-corrected chi connectivity index (χ4v) is 5.30. The van der Waals surface area contributed by atoms with Crippen LogP contribution < -0.4 is 4.90 Å². The number of halogens is 1. The summed E-state index contributed by atoms with van der Waals surface area (Å²) in [6.45, 7) is 4.73. The molecule has 37 heavy (non-hydrogen) atoms. The Balaban J connectivity index is 1.25. The molecule has 1 aliphatic rings. The number of hydrogen-bond acceptors (Lipinski definition) is 4. The Bertz CT molecular complexity index is 1500. The molecule has 0 atom stereocenters. The van der Waals surface area contributed by atoms with Gasteiger partial charge in [-0.1, -0.05) is 41.4 Å². The highest BCUT2D eigenvalue weighted by Crippen LogP contribution is 2.32. The minimum atomic E-state index is -0.920. The first kappa shape index (κ1) is 25.1. The van der Waals surface area contributed by atoms with Crippen LogP contribution in [-0.4, -0.2) is 45.7 Å². The number of fused-ring (bicyclic) bond motifs is 1. The van der Waals surface area contributed by atoms with Crippen molar-refractivity contribution in [2.45, 2.75) is 26.3 Å². The molecule has 1 aromatic heterocycles. The molecule has 0 unspecified atom stereocenters. The summed E-state index contributed by atoms with van der Waals surface area (Å²) < 4.78 is 2.01. The van der Waals surface area contributed by atoms with Crippen LogP contribution in [-0.2, 0) is 13.6 Å². The van der Waals surface area contributed by atoms with Gasteiger partial charge in [0.15, 0.2) is 0 Å². The van der Waals surface area contributed by atoms with Crippen molar-refractivity contribution in [3.8, 4) is 0 Å². The van der Waals surface area contributed by atoms with E-state index < -0.39 is 5.97 Å². The van der Waals surface area contributed by atoms with Gasteiger partial charge in [0.25, 0.3) is 0 Å². The van der Waals surface area contributed by atoms with Crippen LogP contribution >= 0.6 is 11.6 Å². The van der Waals surface area contributed by atoms with Gasteiger partial charge in [0.2, 0.25) is 0 Å². The third-order valence-electron chi connectivity index (χ3n) is 7.18. The predicted molar refractivity (Wildman–Crippen MR) is 151 cm³/mol. The zero-order valence-electron chi connectivity index (χ0n) is 21.4. The van der Waals surface area contributed by atoms with E-state index in [1.165, 1.54) is 11.1 Å². The lowest BCUT2D eigenvalue weighted by Gasteiger charge is -2.28. The standard InChI is InChI=1S/C30H31ClN4O2/c1-20-7-10-27(25(31)15-20)33(2)24-6-4-5-22(17-24)16-21-11-13-35(14-12-21)19-29-32-26-9-8-23(30(36)37)18-28(26)34(29)3/h4-10,15-18H,11-14,19H2,1-3H3,(H,36,37). The zero-order valence-corrected chi connectivity index (χ0v) is 22.2. The molecule has 0 aliphatic carbocycles. The average molecular weight is 515 g/mol. The van der Waals surface area contributed by atoms with Gasteiger partial charge < -0.3 is 14.6 Å². The molecule has 0 bridgehead atoms. The van der Waals surface area contributed by atoms with E-state index in [2.05, 4.69) is 52.3 Å². The predicted octanol–water partition coefficient (Wildman–Crippen LogP) is 6.68. The van der Waals surface area contributed by atoms with E-state index in [9.17, 15) is 9.90 Å². The fourth-order valence-electron chi connectivity index (χ4n) is 4.94. The van der Waals surface area contributed by atoms with Gasteiger partial charge in [-0.3, -0.25) is 4.90 Å². The van der Waals surface area contributed by atoms with Crippen molar-refractivity contribution in [2.75, 3.05) is 25.0 Å². The number of carboxylic acids is 1. The molecule has 190 valence electrons. The molecule has 1 saturated heterocycles. The van der Waals surface area contributed by atoms with E-state index >= 15 is 0 Å². The molecule has 1 aliphatic heterocycles. The summed E-state index contributed by atoms with van der Waals surface area (Å²) >= 11 is 6.51. The normalized spacial score (nSPS) is 14.2. The van der Waals surface area contributed by atoms with Gasteiger partial charge in [-0.25, -0.2) is 9.78 Å². The van der Waals surface area contributed by atoms with E-state index in [-0.39, 0.29) is 5.56 Å². The molecule has 3 aromatic carbocycles. The average Bonchev–Trinajstić information content (AvgIpc) is 3.19. The Morgan fingerprint density at radius 2 is 1.89 bits per heavy atom. The second-order valence-electron chi connectivity index (χ2n) is 9.78. The molecule has 7 heteroatoms. The quantitative estimate of drug-likeness (QED) is 0.311. The summed E-state index contributed by atoms with van der Waals surface area (Å²) in [5, 5.41) is 10.0. The number of piperidine rings is 1. The van der Waals surface area contributed by atoms with Crippen molar-refractivity contribution in [1.82, 2.24) is 14.5 Å². The highest BCUT2D eigenvalue weighted by atomic mass is 35.5. The Morgan fingerprint density at radius 3 is 2.62 bits per heavy atom. The molecule has 0 amide bonds. The van der Waals surface area contributed by atoms with Gasteiger partial charge in [-0.05, 0) is 73.4 Å². The number of benzene rings is 3. The molecule has 0 spiro atoms. The molecule has 0 radical (unpaired) electrons. The summed E-state index contributed by atoms with van der Waals surface area (Å²) in [5.74, 6) is 0.0339. The molecule has 6 nitrogen and oxygen atoms in total. The minimum Gasteiger partial charge on any atom is -0.478 e. The molecule has 0 saturated carbocycles. The number of anilines is 2. The third-order valence-corrected chi connectivity index (χ3v) is 7.48. The van der Waals surface area contributed by atoms with E-state index in [0.29, 0.717) is 0 Å². The first-order chi connectivity index (χ1) is 17.8. The van der Waals surface area contributed by atoms with Crippen molar-refractivity contribution >= 4 is 46.1 Å². The third kappa shape index (κ3) is 5.41. The van der Waals surface area contributed by atoms with Crippen molar-refractivity contribution in [3.05, 3.63) is 93.8 Å². The summed E-state index contributed by atoms with van der Waals surface area (Å²) in [6, 6.07) is 19.8. The zero-order chi connectivity index (χ0) is 26.1. The highest BCUT2D eigenvalue weighted by Gasteiger charge is 2.18. The maximum atomic E-state index is 11.3. The van der Waals surface area contributed by atoms with Crippen molar-refractivity contribution in [2.24, 2.45) is 7.05 Å². The number of carboxylic acid groups (broad SMARTS) is 1. The van der Waals surface area contributed by atoms with Gasteiger partial charge in [-0.15, -0.1) is 0 Å². The summed E-state index contributed by atoms with van der Waals surface area (Å²) in [7, 11) is 4.00. The van der Waals surface area contributed by atoms with E-state index in [0.717, 1.165) is 71.3 Å². The lowest BCUT2D eigenvalue weighted by Crippen LogP contribution is -2.31. The molecule has 1 fully saturated rings. The first-order valence-corrected chi connectivity index (χ1v) is 12.9. The van der Waals surface area contributed by atoms with Crippen LogP contribution in [0.15, 0.2) is 66.2 Å². The van der Waals surface area contributed by atoms with Gasteiger partial charge in [0, 0.05) is 32.9 Å². The van der Waals surface area contributed by atoms with Crippen molar-refractivity contribution < 1.29 is 9.90 Å². The molecular formula is C30H31ClN4O2. The highest BCUT2D eigenvalue weighted by molar-refractivity contribution is 6.33. The van der Waals surface area contributed by atoms with Gasteiger partial charge in [0.05, 0.1) is 33.9 Å². The van der Waals surface area contributed by atoms with Crippen molar-refractivity contribution in [3.63, 3.8) is 0 Å². The van der Waals surface area contributed by atoms with Crippen LogP contribution in [0.5, 0.6) is 0 Å². The number of hydrogen-bond donors (Lipinski definition) is 1. The number of rotatable bonds is 6. The Kier molecular flexibility index (Phi) is 7.04.